The third-order valence-corrected chi connectivity index (χ3v) is 5.76. The number of amides is 1. The molecule has 0 bridgehead atoms. The van der Waals surface area contributed by atoms with Gasteiger partial charge in [-0.25, -0.2) is 4.79 Å². The molecule has 152 valence electrons. The molecule has 1 amide bonds. The number of H-pyrrole nitrogens is 1. The molecule has 3 aromatic rings. The fraction of sp³-hybridized carbons (Fsp3) is 0.391. The van der Waals surface area contributed by atoms with Gasteiger partial charge < -0.3 is 19.5 Å². The van der Waals surface area contributed by atoms with Gasteiger partial charge in [0.05, 0.1) is 0 Å². The van der Waals surface area contributed by atoms with Crippen molar-refractivity contribution >= 4 is 16.8 Å². The molecule has 1 aliphatic rings. The predicted molar refractivity (Wildman–Crippen MR) is 111 cm³/mol. The number of para-hydroxylation sites is 1. The highest BCUT2D eigenvalue weighted by Gasteiger charge is 2.44. The van der Waals surface area contributed by atoms with Crippen LogP contribution < -0.4 is 10.9 Å². The van der Waals surface area contributed by atoms with Crippen LogP contribution in [0.2, 0.25) is 0 Å². The predicted octanol–water partition coefficient (Wildman–Crippen LogP) is 3.51. The molecule has 1 saturated carbocycles. The Kier molecular flexibility index (Phi) is 5.28. The summed E-state index contributed by atoms with van der Waals surface area (Å²) in [7, 11) is 1.64. The first kappa shape index (κ1) is 19.5. The van der Waals surface area contributed by atoms with Crippen LogP contribution in [0.5, 0.6) is 0 Å². The number of rotatable bonds is 8. The number of nitrogens with one attached hydrogen (secondary N) is 2. The van der Waals surface area contributed by atoms with Crippen LogP contribution in [0.3, 0.4) is 0 Å². The van der Waals surface area contributed by atoms with E-state index in [9.17, 15) is 9.59 Å². The van der Waals surface area contributed by atoms with Crippen LogP contribution in [0, 0.1) is 6.92 Å². The summed E-state index contributed by atoms with van der Waals surface area (Å²) in [5.74, 6) is 0.239. The molecule has 0 atom stereocenters. The maximum Gasteiger partial charge on any atom is 0.349 e. The maximum atomic E-state index is 12.7. The molecule has 1 aromatic carbocycles. The lowest BCUT2D eigenvalue weighted by atomic mass is 10.0. The van der Waals surface area contributed by atoms with Gasteiger partial charge in [-0.1, -0.05) is 18.2 Å². The minimum Gasteiger partial charge on any atom is -0.427 e. The van der Waals surface area contributed by atoms with E-state index in [1.54, 1.807) is 20.1 Å². The number of methoxy groups -OCH3 is 1. The molecule has 0 aliphatic heterocycles. The molecule has 4 rings (SSSR count). The Morgan fingerprint density at radius 2 is 2.07 bits per heavy atom. The number of carbonyl (C=O) groups is 1. The Balaban J connectivity index is 1.47. The van der Waals surface area contributed by atoms with Gasteiger partial charge in [0.15, 0.2) is 0 Å². The van der Waals surface area contributed by atoms with Crippen LogP contribution in [0.1, 0.15) is 46.5 Å². The molecular weight excluding hydrogens is 368 g/mol. The number of benzene rings is 1. The van der Waals surface area contributed by atoms with Gasteiger partial charge in [-0.2, -0.15) is 0 Å². The van der Waals surface area contributed by atoms with Gasteiger partial charge in [-0.3, -0.25) is 4.79 Å². The van der Waals surface area contributed by atoms with Gasteiger partial charge in [0.2, 0.25) is 0 Å². The number of ether oxygens (including phenoxy) is 1. The summed E-state index contributed by atoms with van der Waals surface area (Å²) in [6, 6.07) is 9.93. The SMILES string of the molecule is COCCC1(NC(=O)c2c(C)cc(CCc3c[nH]c4ccccc34)oc2=O)CC1. The summed E-state index contributed by atoms with van der Waals surface area (Å²) in [5, 5.41) is 4.19. The van der Waals surface area contributed by atoms with Crippen molar-refractivity contribution in [1.82, 2.24) is 10.3 Å². The van der Waals surface area contributed by atoms with E-state index in [4.69, 9.17) is 9.15 Å². The maximum absolute atomic E-state index is 12.7. The number of hydrogen-bond donors (Lipinski definition) is 2. The van der Waals surface area contributed by atoms with Crippen molar-refractivity contribution in [3.8, 4) is 0 Å². The topological polar surface area (TPSA) is 84.3 Å². The van der Waals surface area contributed by atoms with Crippen LogP contribution >= 0.6 is 0 Å². The molecular formula is C23H26N2O4. The minimum atomic E-state index is -0.570. The Morgan fingerprint density at radius 1 is 1.28 bits per heavy atom. The summed E-state index contributed by atoms with van der Waals surface area (Å²) in [4.78, 5) is 28.5. The quantitative estimate of drug-likeness (QED) is 0.612. The number of aromatic amines is 1. The van der Waals surface area contributed by atoms with Crippen LogP contribution in [-0.4, -0.2) is 30.1 Å². The second-order valence-electron chi connectivity index (χ2n) is 7.89. The molecule has 0 spiro atoms. The molecule has 0 radical (unpaired) electrons. The minimum absolute atomic E-state index is 0.101. The molecule has 2 aromatic heterocycles. The summed E-state index contributed by atoms with van der Waals surface area (Å²) in [5.41, 5.74) is 2.21. The van der Waals surface area contributed by atoms with E-state index >= 15 is 0 Å². The summed E-state index contributed by atoms with van der Waals surface area (Å²) in [6.07, 6.45) is 5.91. The van der Waals surface area contributed by atoms with E-state index in [2.05, 4.69) is 16.4 Å². The first-order chi connectivity index (χ1) is 14.0. The van der Waals surface area contributed by atoms with E-state index in [1.165, 1.54) is 10.9 Å². The number of aromatic nitrogens is 1. The number of fused-ring (bicyclic) bond motifs is 1. The van der Waals surface area contributed by atoms with Crippen LogP contribution in [0.25, 0.3) is 10.9 Å². The summed E-state index contributed by atoms with van der Waals surface area (Å²) < 4.78 is 10.6. The average Bonchev–Trinajstić information content (AvgIpc) is 3.33. The molecule has 0 unspecified atom stereocenters. The average molecular weight is 394 g/mol. The Bertz CT molecular complexity index is 1090. The van der Waals surface area contributed by atoms with E-state index in [0.29, 0.717) is 24.4 Å². The van der Waals surface area contributed by atoms with E-state index in [1.807, 2.05) is 24.4 Å². The van der Waals surface area contributed by atoms with Gasteiger partial charge in [0.25, 0.3) is 5.91 Å². The van der Waals surface area contributed by atoms with Crippen molar-refractivity contribution in [1.29, 1.82) is 0 Å². The number of hydrogen-bond acceptors (Lipinski definition) is 4. The Labute approximate surface area is 169 Å². The lowest BCUT2D eigenvalue weighted by Gasteiger charge is -2.17. The number of aryl methyl sites for hydroxylation is 3. The van der Waals surface area contributed by atoms with Gasteiger partial charge in [0, 0.05) is 42.8 Å². The molecule has 6 nitrogen and oxygen atoms in total. The molecule has 1 fully saturated rings. The van der Waals surface area contributed by atoms with Crippen molar-refractivity contribution < 1.29 is 13.9 Å². The van der Waals surface area contributed by atoms with Gasteiger partial charge in [0.1, 0.15) is 11.3 Å². The Hall–Kier alpha value is -2.86. The van der Waals surface area contributed by atoms with Crippen LogP contribution in [0.15, 0.2) is 45.7 Å². The molecule has 6 heteroatoms. The second-order valence-corrected chi connectivity index (χ2v) is 7.89. The fourth-order valence-corrected chi connectivity index (χ4v) is 3.85. The zero-order valence-corrected chi connectivity index (χ0v) is 16.8. The van der Waals surface area contributed by atoms with Crippen molar-refractivity contribution in [2.45, 2.75) is 44.6 Å². The summed E-state index contributed by atoms with van der Waals surface area (Å²) in [6.45, 7) is 2.37. The van der Waals surface area contributed by atoms with Crippen LogP contribution in [-0.2, 0) is 17.6 Å². The largest absolute Gasteiger partial charge is 0.427 e. The molecule has 2 heterocycles. The monoisotopic (exact) mass is 394 g/mol. The normalized spacial score (nSPS) is 14.8. The van der Waals surface area contributed by atoms with Gasteiger partial charge >= 0.3 is 5.63 Å². The van der Waals surface area contributed by atoms with Gasteiger partial charge in [-0.05, 0) is 55.9 Å². The summed E-state index contributed by atoms with van der Waals surface area (Å²) >= 11 is 0. The molecule has 0 saturated heterocycles. The highest BCUT2D eigenvalue weighted by Crippen LogP contribution is 2.38. The number of carbonyl (C=O) groups excluding carboxylic acids is 1. The van der Waals surface area contributed by atoms with Crippen LogP contribution in [0.4, 0.5) is 0 Å². The lowest BCUT2D eigenvalue weighted by Crippen LogP contribution is -2.40. The third-order valence-electron chi connectivity index (χ3n) is 5.76. The highest BCUT2D eigenvalue weighted by molar-refractivity contribution is 5.95. The van der Waals surface area contributed by atoms with E-state index < -0.39 is 5.63 Å². The van der Waals surface area contributed by atoms with Crippen molar-refractivity contribution in [3.05, 3.63) is 69.4 Å². The molecule has 1 aliphatic carbocycles. The van der Waals surface area contributed by atoms with Crippen molar-refractivity contribution in [2.24, 2.45) is 0 Å². The zero-order chi connectivity index (χ0) is 20.4. The zero-order valence-electron chi connectivity index (χ0n) is 16.8. The molecule has 2 N–H and O–H groups in total. The molecule has 29 heavy (non-hydrogen) atoms. The Morgan fingerprint density at radius 3 is 2.79 bits per heavy atom. The highest BCUT2D eigenvalue weighted by atomic mass is 16.5. The first-order valence-corrected chi connectivity index (χ1v) is 10.0. The second kappa shape index (κ2) is 7.87. The van der Waals surface area contributed by atoms with Gasteiger partial charge in [-0.15, -0.1) is 0 Å². The van der Waals surface area contributed by atoms with E-state index in [-0.39, 0.29) is 17.0 Å². The lowest BCUT2D eigenvalue weighted by molar-refractivity contribution is 0.0912. The van der Waals surface area contributed by atoms with Crippen molar-refractivity contribution in [2.75, 3.05) is 13.7 Å². The smallest absolute Gasteiger partial charge is 0.349 e. The van der Waals surface area contributed by atoms with E-state index in [0.717, 1.165) is 31.2 Å². The third kappa shape index (κ3) is 4.12. The fourth-order valence-electron chi connectivity index (χ4n) is 3.85. The first-order valence-electron chi connectivity index (χ1n) is 10.0. The van der Waals surface area contributed by atoms with Crippen molar-refractivity contribution in [3.63, 3.8) is 0 Å². The standard InChI is InChI=1S/C23H26N2O4/c1-15-13-17(8-7-16-14-24-19-6-4-3-5-18(16)19)29-22(27)20(15)21(26)25-23(9-10-23)11-12-28-2/h3-6,13-14,24H,7-12H2,1-2H3,(H,25,26).